The molecule has 0 saturated heterocycles. The summed E-state index contributed by atoms with van der Waals surface area (Å²) in [4.78, 5) is 25.2. The monoisotopic (exact) mass is 412 g/mol. The fourth-order valence-electron chi connectivity index (χ4n) is 3.20. The van der Waals surface area contributed by atoms with Gasteiger partial charge in [-0.25, -0.2) is 9.59 Å². The highest BCUT2D eigenvalue weighted by Crippen LogP contribution is 2.36. The van der Waals surface area contributed by atoms with E-state index in [4.69, 9.17) is 15.2 Å². The number of nitrogens with two attached hydrogens (primary N) is 1. The molecular weight excluding hydrogens is 388 g/mol. The molecule has 3 aromatic rings. The molecule has 0 amide bonds. The van der Waals surface area contributed by atoms with E-state index in [1.165, 1.54) is 0 Å². The summed E-state index contributed by atoms with van der Waals surface area (Å²) in [6, 6.07) is 13.8. The third kappa shape index (κ3) is 4.26. The maximum atomic E-state index is 12.6. The molecule has 1 unspecified atom stereocenters. The number of fused-ring (bicyclic) bond motifs is 1. The van der Waals surface area contributed by atoms with Gasteiger partial charge in [0.25, 0.3) is 0 Å². The Morgan fingerprint density at radius 2 is 1.69 bits per heavy atom. The molecule has 3 N–H and O–H groups in total. The summed E-state index contributed by atoms with van der Waals surface area (Å²) >= 11 is 1.15. The summed E-state index contributed by atoms with van der Waals surface area (Å²) in [6.07, 6.45) is -0.581. The van der Waals surface area contributed by atoms with E-state index in [0.29, 0.717) is 21.0 Å². The lowest BCUT2D eigenvalue weighted by Gasteiger charge is -2.17. The second-order valence-corrected chi connectivity index (χ2v) is 7.41. The Labute approximate surface area is 173 Å². The van der Waals surface area contributed by atoms with Crippen LogP contribution in [0.2, 0.25) is 0 Å². The van der Waals surface area contributed by atoms with Crippen LogP contribution in [0, 0.1) is 6.92 Å². The fourth-order valence-corrected chi connectivity index (χ4v) is 4.32. The molecule has 0 fully saturated rings. The van der Waals surface area contributed by atoms with Crippen LogP contribution in [0.3, 0.4) is 0 Å². The van der Waals surface area contributed by atoms with Crippen LogP contribution in [0.15, 0.2) is 42.5 Å². The number of nitrogens with one attached hydrogen (secondary N) is 1. The quantitative estimate of drug-likeness (QED) is 0.434. The van der Waals surface area contributed by atoms with Crippen molar-refractivity contribution in [1.29, 1.82) is 0 Å². The maximum absolute atomic E-state index is 12.6. The van der Waals surface area contributed by atoms with Crippen molar-refractivity contribution in [3.63, 3.8) is 0 Å². The molecule has 0 aliphatic carbocycles. The summed E-state index contributed by atoms with van der Waals surface area (Å²) in [7, 11) is 0. The van der Waals surface area contributed by atoms with Crippen LogP contribution in [-0.4, -0.2) is 25.2 Å². The van der Waals surface area contributed by atoms with Crippen LogP contribution in [0.4, 0.5) is 5.00 Å². The number of carbonyl (C=O) groups is 2. The van der Waals surface area contributed by atoms with E-state index in [-0.39, 0.29) is 13.2 Å². The second-order valence-electron chi connectivity index (χ2n) is 6.39. The molecule has 3 rings (SSSR count). The Kier molecular flexibility index (Phi) is 6.51. The highest BCUT2D eigenvalue weighted by molar-refractivity contribution is 7.18. The largest absolute Gasteiger partial charge is 0.462 e. The van der Waals surface area contributed by atoms with Crippen LogP contribution in [0.25, 0.3) is 10.8 Å². The minimum atomic E-state index is -0.581. The molecule has 0 bridgehead atoms. The van der Waals surface area contributed by atoms with Crippen molar-refractivity contribution < 1.29 is 19.1 Å². The molecule has 1 heterocycles. The molecule has 29 heavy (non-hydrogen) atoms. The van der Waals surface area contributed by atoms with Crippen molar-refractivity contribution in [2.24, 2.45) is 5.73 Å². The number of thiophene rings is 1. The van der Waals surface area contributed by atoms with Gasteiger partial charge in [-0.2, -0.15) is 0 Å². The first-order valence-electron chi connectivity index (χ1n) is 9.45. The van der Waals surface area contributed by atoms with E-state index in [9.17, 15) is 9.59 Å². The van der Waals surface area contributed by atoms with Gasteiger partial charge >= 0.3 is 11.9 Å². The first-order chi connectivity index (χ1) is 14.0. The first kappa shape index (κ1) is 20.8. The molecule has 152 valence electrons. The normalized spacial score (nSPS) is 11.9. The van der Waals surface area contributed by atoms with Gasteiger partial charge in [-0.05, 0) is 42.7 Å². The van der Waals surface area contributed by atoms with Gasteiger partial charge < -0.3 is 20.5 Å². The predicted molar refractivity (Wildman–Crippen MR) is 115 cm³/mol. The third-order valence-electron chi connectivity index (χ3n) is 4.53. The third-order valence-corrected chi connectivity index (χ3v) is 5.74. The number of hydrogen-bond donors (Lipinski definition) is 2. The van der Waals surface area contributed by atoms with Crippen molar-refractivity contribution in [2.45, 2.75) is 26.9 Å². The van der Waals surface area contributed by atoms with Crippen LogP contribution >= 0.6 is 11.3 Å². The lowest BCUT2D eigenvalue weighted by atomic mass is 10.0. The SMILES string of the molecule is CCOC(=O)c1sc(NC(N)c2cccc3ccccc23)c(C(=O)OCC)c1C. The number of rotatable bonds is 7. The molecule has 0 aliphatic heterocycles. The molecule has 0 aliphatic rings. The molecular formula is C22H24N2O4S. The zero-order valence-corrected chi connectivity index (χ0v) is 17.5. The van der Waals surface area contributed by atoms with Gasteiger partial charge in [0.1, 0.15) is 16.0 Å². The fraction of sp³-hybridized carbons (Fsp3) is 0.273. The van der Waals surface area contributed by atoms with E-state index < -0.39 is 18.1 Å². The second kappa shape index (κ2) is 9.07. The van der Waals surface area contributed by atoms with Crippen molar-refractivity contribution >= 4 is 39.0 Å². The van der Waals surface area contributed by atoms with Crippen molar-refractivity contribution in [3.8, 4) is 0 Å². The van der Waals surface area contributed by atoms with Gasteiger partial charge in [-0.1, -0.05) is 42.5 Å². The Morgan fingerprint density at radius 1 is 1.03 bits per heavy atom. The molecule has 0 spiro atoms. The Morgan fingerprint density at radius 3 is 2.41 bits per heavy atom. The molecule has 2 aromatic carbocycles. The molecule has 1 atom stereocenters. The molecule has 7 heteroatoms. The first-order valence-corrected chi connectivity index (χ1v) is 10.3. The molecule has 1 aromatic heterocycles. The van der Waals surface area contributed by atoms with E-state index in [1.807, 2.05) is 42.5 Å². The minimum absolute atomic E-state index is 0.234. The van der Waals surface area contributed by atoms with E-state index >= 15 is 0 Å². The minimum Gasteiger partial charge on any atom is -0.462 e. The van der Waals surface area contributed by atoms with Crippen LogP contribution < -0.4 is 11.1 Å². The summed E-state index contributed by atoms with van der Waals surface area (Å²) in [5.74, 6) is -0.961. The van der Waals surface area contributed by atoms with Gasteiger partial charge in [-0.15, -0.1) is 11.3 Å². The van der Waals surface area contributed by atoms with Crippen LogP contribution in [-0.2, 0) is 9.47 Å². The van der Waals surface area contributed by atoms with E-state index in [1.54, 1.807) is 20.8 Å². The Balaban J connectivity index is 2.01. The van der Waals surface area contributed by atoms with E-state index in [0.717, 1.165) is 27.7 Å². The van der Waals surface area contributed by atoms with Crippen molar-refractivity contribution in [1.82, 2.24) is 0 Å². The zero-order valence-electron chi connectivity index (χ0n) is 16.7. The predicted octanol–water partition coefficient (Wildman–Crippen LogP) is 4.63. The smallest absolute Gasteiger partial charge is 0.348 e. The summed E-state index contributed by atoms with van der Waals surface area (Å²) in [5.41, 5.74) is 8.19. The van der Waals surface area contributed by atoms with Crippen LogP contribution in [0.5, 0.6) is 0 Å². The number of ether oxygens (including phenoxy) is 2. The Bertz CT molecular complexity index is 1040. The summed E-state index contributed by atoms with van der Waals surface area (Å²) < 4.78 is 10.3. The van der Waals surface area contributed by atoms with Gasteiger partial charge in [0.15, 0.2) is 0 Å². The number of esters is 2. The molecule has 0 saturated carbocycles. The molecule has 6 nitrogen and oxygen atoms in total. The molecule has 0 radical (unpaired) electrons. The van der Waals surface area contributed by atoms with Gasteiger partial charge in [0, 0.05) is 0 Å². The number of hydrogen-bond acceptors (Lipinski definition) is 7. The van der Waals surface area contributed by atoms with Gasteiger partial charge in [0.05, 0.1) is 18.8 Å². The average Bonchev–Trinajstić information content (AvgIpc) is 3.03. The van der Waals surface area contributed by atoms with Crippen molar-refractivity contribution in [3.05, 3.63) is 64.0 Å². The Hall–Kier alpha value is -2.90. The van der Waals surface area contributed by atoms with Gasteiger partial charge in [0.2, 0.25) is 0 Å². The lowest BCUT2D eigenvalue weighted by Crippen LogP contribution is -2.21. The average molecular weight is 413 g/mol. The number of anilines is 1. The zero-order chi connectivity index (χ0) is 21.0. The van der Waals surface area contributed by atoms with E-state index in [2.05, 4.69) is 5.32 Å². The highest BCUT2D eigenvalue weighted by atomic mass is 32.1. The van der Waals surface area contributed by atoms with Crippen LogP contribution in [0.1, 0.15) is 51.2 Å². The number of benzene rings is 2. The lowest BCUT2D eigenvalue weighted by molar-refractivity contribution is 0.0527. The maximum Gasteiger partial charge on any atom is 0.348 e. The van der Waals surface area contributed by atoms with Gasteiger partial charge in [-0.3, -0.25) is 0 Å². The summed E-state index contributed by atoms with van der Waals surface area (Å²) in [6.45, 7) is 5.67. The topological polar surface area (TPSA) is 90.6 Å². The summed E-state index contributed by atoms with van der Waals surface area (Å²) in [5, 5.41) is 5.79. The van der Waals surface area contributed by atoms with Crippen molar-refractivity contribution in [2.75, 3.05) is 18.5 Å². The number of carbonyl (C=O) groups excluding carboxylic acids is 2. The highest BCUT2D eigenvalue weighted by Gasteiger charge is 2.27. The standard InChI is InChI=1S/C22H24N2O4S/c1-4-27-21(25)17-13(3)18(22(26)28-5-2)29-20(17)24-19(23)16-12-8-10-14-9-6-7-11-15(14)16/h6-12,19,24H,4-5,23H2,1-3H3.